The molecule has 0 fully saturated rings. The first kappa shape index (κ1) is 19.2. The van der Waals surface area contributed by atoms with Gasteiger partial charge in [0.25, 0.3) is 0 Å². The van der Waals surface area contributed by atoms with E-state index >= 15 is 0 Å². The van der Waals surface area contributed by atoms with Crippen LogP contribution in [0.25, 0.3) is 10.9 Å². The predicted molar refractivity (Wildman–Crippen MR) is 104 cm³/mol. The summed E-state index contributed by atoms with van der Waals surface area (Å²) in [5.41, 5.74) is 2.08. The van der Waals surface area contributed by atoms with Gasteiger partial charge in [0, 0.05) is 36.6 Å². The second-order valence-electron chi connectivity index (χ2n) is 6.38. The van der Waals surface area contributed by atoms with Gasteiger partial charge in [-0.05, 0) is 30.2 Å². The van der Waals surface area contributed by atoms with Gasteiger partial charge in [-0.15, -0.1) is 0 Å². The van der Waals surface area contributed by atoms with Crippen molar-refractivity contribution in [3.63, 3.8) is 0 Å². The van der Waals surface area contributed by atoms with Crippen molar-refractivity contribution in [3.8, 4) is 0 Å². The minimum atomic E-state index is -3.40. The van der Waals surface area contributed by atoms with E-state index in [4.69, 9.17) is 4.42 Å². The number of carbonyl (C=O) groups excluding carboxylic acids is 1. The van der Waals surface area contributed by atoms with Crippen LogP contribution in [0.2, 0.25) is 0 Å². The molecule has 3 rings (SSSR count). The average Bonchev–Trinajstić information content (AvgIpc) is 3.28. The van der Waals surface area contributed by atoms with Crippen LogP contribution in [0.1, 0.15) is 17.7 Å². The Balaban J connectivity index is 1.55. The first-order valence-corrected chi connectivity index (χ1v) is 10.6. The minimum absolute atomic E-state index is 0.0989. The molecule has 0 saturated heterocycles. The number of nitrogens with zero attached hydrogens (tertiary/aromatic N) is 1. The second-order valence-corrected chi connectivity index (χ2v) is 8.36. The molecule has 0 aliphatic rings. The molecule has 0 atom stereocenters. The minimum Gasteiger partial charge on any atom is -0.467 e. The van der Waals surface area contributed by atoms with E-state index in [-0.39, 0.29) is 18.9 Å². The lowest BCUT2D eigenvalue weighted by molar-refractivity contribution is -0.121. The lowest BCUT2D eigenvalue weighted by Gasteiger charge is -2.19. The van der Waals surface area contributed by atoms with Gasteiger partial charge in [0.2, 0.25) is 15.9 Å². The third kappa shape index (κ3) is 5.21. The van der Waals surface area contributed by atoms with Crippen LogP contribution in [0.4, 0.5) is 0 Å². The first-order chi connectivity index (χ1) is 12.9. The van der Waals surface area contributed by atoms with Crippen LogP contribution < -0.4 is 5.32 Å². The largest absolute Gasteiger partial charge is 0.467 e. The van der Waals surface area contributed by atoms with Crippen molar-refractivity contribution < 1.29 is 17.6 Å². The smallest absolute Gasteiger partial charge is 0.221 e. The summed E-state index contributed by atoms with van der Waals surface area (Å²) in [7, 11) is -3.40. The third-order valence-electron chi connectivity index (χ3n) is 4.40. The summed E-state index contributed by atoms with van der Waals surface area (Å²) in [5.74, 6) is 0.440. The number of para-hydroxylation sites is 1. The Morgan fingerprint density at radius 2 is 2.00 bits per heavy atom. The molecule has 2 aromatic heterocycles. The molecule has 7 nitrogen and oxygen atoms in total. The highest BCUT2D eigenvalue weighted by atomic mass is 32.2. The van der Waals surface area contributed by atoms with Crippen LogP contribution in [0, 0.1) is 0 Å². The van der Waals surface area contributed by atoms with Gasteiger partial charge in [0.05, 0.1) is 19.1 Å². The van der Waals surface area contributed by atoms with Crippen LogP contribution in [-0.4, -0.2) is 43.0 Å². The van der Waals surface area contributed by atoms with E-state index < -0.39 is 10.0 Å². The summed E-state index contributed by atoms with van der Waals surface area (Å²) in [5, 5.41) is 3.81. The van der Waals surface area contributed by atoms with Crippen molar-refractivity contribution in [2.45, 2.75) is 19.4 Å². The van der Waals surface area contributed by atoms with E-state index in [1.54, 1.807) is 12.1 Å². The second kappa shape index (κ2) is 8.41. The molecule has 0 bridgehead atoms. The number of carbonyl (C=O) groups is 1. The molecular weight excluding hydrogens is 366 g/mol. The summed E-state index contributed by atoms with van der Waals surface area (Å²) in [6, 6.07) is 11.4. The molecule has 1 aromatic carbocycles. The van der Waals surface area contributed by atoms with E-state index in [0.29, 0.717) is 25.3 Å². The van der Waals surface area contributed by atoms with Gasteiger partial charge < -0.3 is 14.7 Å². The molecule has 2 heterocycles. The zero-order chi connectivity index (χ0) is 19.3. The Bertz CT molecular complexity index is 993. The molecule has 3 aromatic rings. The Labute approximate surface area is 158 Å². The fraction of sp³-hybridized carbons (Fsp3) is 0.316. The maximum absolute atomic E-state index is 12.1. The molecule has 0 aliphatic carbocycles. The Morgan fingerprint density at radius 3 is 2.74 bits per heavy atom. The highest BCUT2D eigenvalue weighted by molar-refractivity contribution is 7.88. The van der Waals surface area contributed by atoms with Crippen LogP contribution >= 0.6 is 0 Å². The average molecular weight is 389 g/mol. The molecular formula is C19H23N3O4S. The van der Waals surface area contributed by atoms with Gasteiger partial charge in [-0.2, -0.15) is 0 Å². The zero-order valence-corrected chi connectivity index (χ0v) is 16.0. The number of hydrogen-bond acceptors (Lipinski definition) is 4. The number of aromatic amines is 1. The summed E-state index contributed by atoms with van der Waals surface area (Å²) >= 11 is 0. The van der Waals surface area contributed by atoms with E-state index in [0.717, 1.165) is 16.5 Å². The normalized spacial score (nSPS) is 11.9. The lowest BCUT2D eigenvalue weighted by Crippen LogP contribution is -2.35. The van der Waals surface area contributed by atoms with Crippen molar-refractivity contribution in [1.82, 2.24) is 14.6 Å². The van der Waals surface area contributed by atoms with E-state index in [9.17, 15) is 13.2 Å². The number of H-pyrrole nitrogens is 1. The maximum Gasteiger partial charge on any atom is 0.221 e. The first-order valence-electron chi connectivity index (χ1n) is 8.72. The van der Waals surface area contributed by atoms with Gasteiger partial charge in [0.1, 0.15) is 5.76 Å². The van der Waals surface area contributed by atoms with Gasteiger partial charge in [-0.1, -0.05) is 18.2 Å². The number of amides is 1. The van der Waals surface area contributed by atoms with Crippen LogP contribution in [0.3, 0.4) is 0 Å². The molecule has 0 aliphatic heterocycles. The summed E-state index contributed by atoms with van der Waals surface area (Å²) in [4.78, 5) is 15.2. The van der Waals surface area contributed by atoms with E-state index in [1.807, 2.05) is 30.5 Å². The highest BCUT2D eigenvalue weighted by Crippen LogP contribution is 2.18. The predicted octanol–water partition coefficient (Wildman–Crippen LogP) is 2.27. The molecule has 8 heteroatoms. The van der Waals surface area contributed by atoms with Gasteiger partial charge in [-0.25, -0.2) is 12.7 Å². The number of benzene rings is 1. The van der Waals surface area contributed by atoms with Crippen LogP contribution in [0.15, 0.2) is 53.3 Å². The zero-order valence-electron chi connectivity index (χ0n) is 15.1. The number of sulfonamides is 1. The van der Waals surface area contributed by atoms with Gasteiger partial charge in [0.15, 0.2) is 0 Å². The molecule has 0 spiro atoms. The monoisotopic (exact) mass is 389 g/mol. The SMILES string of the molecule is CS(=O)(=O)N(CCC(=O)NCc1ccco1)CCc1c[nH]c2ccccc12. The lowest BCUT2D eigenvalue weighted by atomic mass is 10.1. The van der Waals surface area contributed by atoms with Crippen molar-refractivity contribution >= 4 is 26.8 Å². The van der Waals surface area contributed by atoms with Gasteiger partial charge >= 0.3 is 0 Å². The number of aromatic nitrogens is 1. The molecule has 0 radical (unpaired) electrons. The molecule has 0 unspecified atom stereocenters. The van der Waals surface area contributed by atoms with Gasteiger partial charge in [-0.3, -0.25) is 4.79 Å². The summed E-state index contributed by atoms with van der Waals surface area (Å²) in [6.07, 6.45) is 5.29. The summed E-state index contributed by atoms with van der Waals surface area (Å²) in [6.45, 7) is 0.761. The van der Waals surface area contributed by atoms with E-state index in [2.05, 4.69) is 10.3 Å². The van der Waals surface area contributed by atoms with E-state index in [1.165, 1.54) is 16.8 Å². The van der Waals surface area contributed by atoms with Crippen molar-refractivity contribution in [2.75, 3.05) is 19.3 Å². The number of furan rings is 1. The maximum atomic E-state index is 12.1. The van der Waals surface area contributed by atoms with Crippen molar-refractivity contribution in [3.05, 3.63) is 60.2 Å². The Hall–Kier alpha value is -2.58. The molecule has 0 saturated carbocycles. The molecule has 1 amide bonds. The van der Waals surface area contributed by atoms with Crippen molar-refractivity contribution in [1.29, 1.82) is 0 Å². The number of rotatable bonds is 9. The standard InChI is InChI=1S/C19H23N3O4S/c1-27(24,25)22(11-9-19(23)21-14-16-5-4-12-26-16)10-8-15-13-20-18-7-3-2-6-17(15)18/h2-7,12-13,20H,8-11,14H2,1H3,(H,21,23). The summed E-state index contributed by atoms with van der Waals surface area (Å²) < 4.78 is 30.7. The van der Waals surface area contributed by atoms with Crippen LogP contribution in [-0.2, 0) is 27.8 Å². The molecule has 27 heavy (non-hydrogen) atoms. The quantitative estimate of drug-likeness (QED) is 0.587. The fourth-order valence-electron chi connectivity index (χ4n) is 2.94. The Kier molecular flexibility index (Phi) is 5.98. The topological polar surface area (TPSA) is 95.4 Å². The number of nitrogens with one attached hydrogen (secondary N) is 2. The number of hydrogen-bond donors (Lipinski definition) is 2. The molecule has 144 valence electrons. The number of fused-ring (bicyclic) bond motifs is 1. The Morgan fingerprint density at radius 1 is 1.19 bits per heavy atom. The molecule has 2 N–H and O–H groups in total. The highest BCUT2D eigenvalue weighted by Gasteiger charge is 2.18. The third-order valence-corrected chi connectivity index (χ3v) is 5.71. The van der Waals surface area contributed by atoms with Crippen molar-refractivity contribution in [2.24, 2.45) is 0 Å². The fourth-order valence-corrected chi connectivity index (χ4v) is 3.79. The van der Waals surface area contributed by atoms with Crippen LogP contribution in [0.5, 0.6) is 0 Å².